The predicted octanol–water partition coefficient (Wildman–Crippen LogP) is 3.64. The first-order valence-electron chi connectivity index (χ1n) is 8.49. The fraction of sp³-hybridized carbons (Fsp3) is 0.316. The summed E-state index contributed by atoms with van der Waals surface area (Å²) in [7, 11) is -3.57. The lowest BCUT2D eigenvalue weighted by Crippen LogP contribution is -2.43. The number of halogens is 1. The highest BCUT2D eigenvalue weighted by Crippen LogP contribution is 2.25. The van der Waals surface area contributed by atoms with Gasteiger partial charge in [0.1, 0.15) is 0 Å². The van der Waals surface area contributed by atoms with E-state index in [9.17, 15) is 13.2 Å². The molecule has 2 aromatic rings. The topological polar surface area (TPSA) is 66.5 Å². The lowest BCUT2D eigenvalue weighted by atomic mass is 9.99. The van der Waals surface area contributed by atoms with E-state index in [-0.39, 0.29) is 23.3 Å². The van der Waals surface area contributed by atoms with Gasteiger partial charge in [-0.1, -0.05) is 23.8 Å². The van der Waals surface area contributed by atoms with Gasteiger partial charge in [-0.15, -0.1) is 0 Å². The summed E-state index contributed by atoms with van der Waals surface area (Å²) in [6.45, 7) is 2.58. The van der Waals surface area contributed by atoms with Gasteiger partial charge in [-0.05, 0) is 72.7 Å². The summed E-state index contributed by atoms with van der Waals surface area (Å²) in [5.74, 6) is -0.474. The van der Waals surface area contributed by atoms with Gasteiger partial charge in [-0.2, -0.15) is 4.31 Å². The molecule has 138 valence electrons. The monoisotopic (exact) mass is 484 g/mol. The van der Waals surface area contributed by atoms with Crippen molar-refractivity contribution in [3.05, 3.63) is 57.7 Å². The molecule has 0 bridgehead atoms. The zero-order valence-corrected chi connectivity index (χ0v) is 17.5. The van der Waals surface area contributed by atoms with Crippen LogP contribution in [0, 0.1) is 16.4 Å². The molecule has 2 aromatic carbocycles. The summed E-state index contributed by atoms with van der Waals surface area (Å²) in [6.07, 6.45) is 1.37. The molecule has 1 N–H and O–H groups in total. The van der Waals surface area contributed by atoms with Gasteiger partial charge in [0.05, 0.1) is 10.8 Å². The number of piperidine rings is 1. The second kappa shape index (κ2) is 8.06. The Bertz CT molecular complexity index is 897. The van der Waals surface area contributed by atoms with Crippen LogP contribution in [0.25, 0.3) is 0 Å². The van der Waals surface area contributed by atoms with Crippen molar-refractivity contribution in [2.24, 2.45) is 5.92 Å². The lowest BCUT2D eigenvalue weighted by molar-refractivity contribution is -0.120. The molecule has 1 amide bonds. The number of carbonyl (C=O) groups is 1. The molecule has 5 nitrogen and oxygen atoms in total. The maximum Gasteiger partial charge on any atom is 0.243 e. The molecule has 1 aliphatic heterocycles. The van der Waals surface area contributed by atoms with Crippen LogP contribution in [-0.2, 0) is 14.8 Å². The van der Waals surface area contributed by atoms with Gasteiger partial charge < -0.3 is 5.32 Å². The average Bonchev–Trinajstić information content (AvgIpc) is 2.62. The molecule has 0 aromatic heterocycles. The molecule has 1 heterocycles. The molecule has 0 radical (unpaired) electrons. The van der Waals surface area contributed by atoms with Crippen molar-refractivity contribution in [1.82, 2.24) is 4.31 Å². The lowest BCUT2D eigenvalue weighted by Gasteiger charge is -2.31. The van der Waals surface area contributed by atoms with E-state index >= 15 is 0 Å². The van der Waals surface area contributed by atoms with Crippen LogP contribution < -0.4 is 5.32 Å². The fourth-order valence-electron chi connectivity index (χ4n) is 3.04. The first-order valence-corrected chi connectivity index (χ1v) is 11.0. The van der Waals surface area contributed by atoms with Crippen molar-refractivity contribution in [3.8, 4) is 0 Å². The third-order valence-electron chi connectivity index (χ3n) is 4.51. The standard InChI is InChI=1S/C19H21IN2O3S/c1-14-7-9-18(10-8-14)26(24,25)22-11-3-4-15(13-22)19(23)21-17-6-2-5-16(20)12-17/h2,5-10,12,15H,3-4,11,13H2,1H3,(H,21,23)/t15-/m1/s1. The van der Waals surface area contributed by atoms with Crippen LogP contribution in [0.1, 0.15) is 18.4 Å². The molecule has 1 fully saturated rings. The Hall–Kier alpha value is -1.45. The van der Waals surface area contributed by atoms with Gasteiger partial charge in [0, 0.05) is 22.3 Å². The molecule has 1 saturated heterocycles. The smallest absolute Gasteiger partial charge is 0.243 e. The summed E-state index contributed by atoms with van der Waals surface area (Å²) >= 11 is 2.19. The van der Waals surface area contributed by atoms with Crippen molar-refractivity contribution < 1.29 is 13.2 Å². The number of nitrogens with one attached hydrogen (secondary N) is 1. The summed E-state index contributed by atoms with van der Waals surface area (Å²) in [4.78, 5) is 12.9. The van der Waals surface area contributed by atoms with E-state index in [1.165, 1.54) is 4.31 Å². The number of benzene rings is 2. The van der Waals surface area contributed by atoms with Crippen LogP contribution in [-0.4, -0.2) is 31.7 Å². The Morgan fingerprint density at radius 2 is 1.92 bits per heavy atom. The molecule has 1 aliphatic rings. The highest BCUT2D eigenvalue weighted by Gasteiger charge is 2.33. The van der Waals surface area contributed by atoms with Crippen molar-refractivity contribution in [3.63, 3.8) is 0 Å². The van der Waals surface area contributed by atoms with Crippen LogP contribution in [0.5, 0.6) is 0 Å². The Labute approximate surface area is 168 Å². The number of anilines is 1. The van der Waals surface area contributed by atoms with Crippen molar-refractivity contribution in [1.29, 1.82) is 0 Å². The van der Waals surface area contributed by atoms with Crippen LogP contribution in [0.2, 0.25) is 0 Å². The minimum atomic E-state index is -3.57. The van der Waals surface area contributed by atoms with Gasteiger partial charge in [0.15, 0.2) is 0 Å². The van der Waals surface area contributed by atoms with E-state index in [1.807, 2.05) is 31.2 Å². The fourth-order valence-corrected chi connectivity index (χ4v) is 5.11. The van der Waals surface area contributed by atoms with Gasteiger partial charge in [0.25, 0.3) is 0 Å². The number of carbonyl (C=O) groups excluding carboxylic acids is 1. The van der Waals surface area contributed by atoms with E-state index in [0.29, 0.717) is 19.4 Å². The second-order valence-electron chi connectivity index (χ2n) is 6.51. The minimum Gasteiger partial charge on any atom is -0.326 e. The molecule has 0 aliphatic carbocycles. The predicted molar refractivity (Wildman–Crippen MR) is 110 cm³/mol. The zero-order valence-electron chi connectivity index (χ0n) is 14.5. The normalized spacial score (nSPS) is 18.5. The van der Waals surface area contributed by atoms with Gasteiger partial charge >= 0.3 is 0 Å². The number of rotatable bonds is 4. The molecule has 26 heavy (non-hydrogen) atoms. The highest BCUT2D eigenvalue weighted by molar-refractivity contribution is 14.1. The third kappa shape index (κ3) is 4.44. The Morgan fingerprint density at radius 1 is 1.19 bits per heavy atom. The van der Waals surface area contributed by atoms with E-state index in [2.05, 4.69) is 27.9 Å². The van der Waals surface area contributed by atoms with Crippen molar-refractivity contribution in [2.45, 2.75) is 24.7 Å². The number of aryl methyl sites for hydroxylation is 1. The third-order valence-corrected chi connectivity index (χ3v) is 7.06. The molecule has 0 unspecified atom stereocenters. The maximum atomic E-state index is 12.9. The highest BCUT2D eigenvalue weighted by atomic mass is 127. The molecule has 0 spiro atoms. The maximum absolute atomic E-state index is 12.9. The Morgan fingerprint density at radius 3 is 2.62 bits per heavy atom. The number of hydrogen-bond acceptors (Lipinski definition) is 3. The SMILES string of the molecule is Cc1ccc(S(=O)(=O)N2CCC[C@@H](C(=O)Nc3cccc(I)c3)C2)cc1. The molecular formula is C19H21IN2O3S. The number of hydrogen-bond donors (Lipinski definition) is 1. The summed E-state index contributed by atoms with van der Waals surface area (Å²) < 4.78 is 28.2. The van der Waals surface area contributed by atoms with Crippen molar-refractivity contribution >= 4 is 44.2 Å². The van der Waals surface area contributed by atoms with E-state index in [1.54, 1.807) is 24.3 Å². The van der Waals surface area contributed by atoms with E-state index in [4.69, 9.17) is 0 Å². The molecule has 1 atom stereocenters. The molecule has 7 heteroatoms. The first kappa shape index (κ1) is 19.3. The van der Waals surface area contributed by atoms with Gasteiger partial charge in [-0.3, -0.25) is 4.79 Å². The van der Waals surface area contributed by atoms with Crippen molar-refractivity contribution in [2.75, 3.05) is 18.4 Å². The van der Waals surface area contributed by atoms with E-state index in [0.717, 1.165) is 14.8 Å². The summed E-state index contributed by atoms with van der Waals surface area (Å²) in [5.41, 5.74) is 1.75. The second-order valence-corrected chi connectivity index (χ2v) is 9.70. The quantitative estimate of drug-likeness (QED) is 0.675. The molecule has 0 saturated carbocycles. The Kier molecular flexibility index (Phi) is 5.99. The Balaban J connectivity index is 1.72. The number of sulfonamides is 1. The van der Waals surface area contributed by atoms with Gasteiger partial charge in [0.2, 0.25) is 15.9 Å². The first-order chi connectivity index (χ1) is 12.4. The molecule has 3 rings (SSSR count). The van der Waals surface area contributed by atoms with Crippen LogP contribution in [0.15, 0.2) is 53.4 Å². The average molecular weight is 484 g/mol. The number of amides is 1. The van der Waals surface area contributed by atoms with Gasteiger partial charge in [-0.25, -0.2) is 8.42 Å². The zero-order chi connectivity index (χ0) is 18.7. The van der Waals surface area contributed by atoms with E-state index < -0.39 is 10.0 Å². The number of nitrogens with zero attached hydrogens (tertiary/aromatic N) is 1. The van der Waals surface area contributed by atoms with Crippen LogP contribution >= 0.6 is 22.6 Å². The molecular weight excluding hydrogens is 463 g/mol. The van der Waals surface area contributed by atoms with Crippen LogP contribution in [0.3, 0.4) is 0 Å². The summed E-state index contributed by atoms with van der Waals surface area (Å²) in [6, 6.07) is 14.4. The largest absolute Gasteiger partial charge is 0.326 e. The van der Waals surface area contributed by atoms with Crippen LogP contribution in [0.4, 0.5) is 5.69 Å². The summed E-state index contributed by atoms with van der Waals surface area (Å²) in [5, 5.41) is 2.91. The minimum absolute atomic E-state index is 0.129.